The highest BCUT2D eigenvalue weighted by Gasteiger charge is 2.60. The van der Waals surface area contributed by atoms with Crippen LogP contribution in [0.1, 0.15) is 37.0 Å². The lowest BCUT2D eigenvalue weighted by Gasteiger charge is -2.31. The third-order valence-electron chi connectivity index (χ3n) is 4.21. The molecule has 0 N–H and O–H groups in total. The number of esters is 2. The van der Waals surface area contributed by atoms with E-state index in [-0.39, 0.29) is 6.10 Å². The number of carbonyl (C=O) groups excluding carboxylic acids is 2. The van der Waals surface area contributed by atoms with Crippen molar-refractivity contribution in [2.45, 2.75) is 37.8 Å². The summed E-state index contributed by atoms with van der Waals surface area (Å²) < 4.78 is 16.6. The van der Waals surface area contributed by atoms with E-state index in [2.05, 4.69) is 0 Å². The van der Waals surface area contributed by atoms with Crippen LogP contribution in [0.15, 0.2) is 24.3 Å². The molecule has 4 rings (SSSR count). The van der Waals surface area contributed by atoms with Gasteiger partial charge in [-0.3, -0.25) is 9.59 Å². The van der Waals surface area contributed by atoms with Crippen LogP contribution in [0, 0.1) is 5.92 Å². The highest BCUT2D eigenvalue weighted by atomic mass is 16.8. The number of carbonyl (C=O) groups is 2. The molecule has 4 atom stereocenters. The van der Waals surface area contributed by atoms with Gasteiger partial charge in [-0.25, -0.2) is 0 Å². The zero-order valence-corrected chi connectivity index (χ0v) is 11.2. The van der Waals surface area contributed by atoms with Crippen molar-refractivity contribution in [1.82, 2.24) is 0 Å². The Morgan fingerprint density at radius 1 is 1.00 bits per heavy atom. The topological polar surface area (TPSA) is 61.8 Å². The molecule has 0 spiro atoms. The van der Waals surface area contributed by atoms with Gasteiger partial charge in [0, 0.05) is 0 Å². The van der Waals surface area contributed by atoms with Gasteiger partial charge in [-0.05, 0) is 25.0 Å². The lowest BCUT2D eigenvalue weighted by molar-refractivity contribution is -0.159. The van der Waals surface area contributed by atoms with Crippen molar-refractivity contribution >= 4 is 11.9 Å². The second-order valence-corrected chi connectivity index (χ2v) is 5.89. The van der Waals surface area contributed by atoms with Gasteiger partial charge < -0.3 is 14.2 Å². The molecule has 1 aromatic rings. The van der Waals surface area contributed by atoms with Crippen molar-refractivity contribution in [2.24, 2.45) is 5.92 Å². The third-order valence-corrected chi connectivity index (χ3v) is 4.21. The molecule has 3 aliphatic rings. The summed E-state index contributed by atoms with van der Waals surface area (Å²) in [4.78, 5) is 24.0. The van der Waals surface area contributed by atoms with E-state index < -0.39 is 35.7 Å². The SMILES string of the molecule is CC1(C)O[C@H]2[C@@H]3C(=O)OC(=O)[C@@H]3c3ccccc3[C@H]2O1. The van der Waals surface area contributed by atoms with Crippen LogP contribution in [0.2, 0.25) is 0 Å². The molecule has 2 heterocycles. The largest absolute Gasteiger partial charge is 0.392 e. The van der Waals surface area contributed by atoms with Crippen molar-refractivity contribution in [3.05, 3.63) is 35.4 Å². The average Bonchev–Trinajstić information content (AvgIpc) is 2.86. The molecular weight excluding hydrogens is 260 g/mol. The molecule has 1 aromatic carbocycles. The minimum Gasteiger partial charge on any atom is -0.392 e. The quantitative estimate of drug-likeness (QED) is 0.532. The molecule has 104 valence electrons. The summed E-state index contributed by atoms with van der Waals surface area (Å²) >= 11 is 0. The Kier molecular flexibility index (Phi) is 2.22. The van der Waals surface area contributed by atoms with Crippen molar-refractivity contribution in [3.8, 4) is 0 Å². The van der Waals surface area contributed by atoms with Gasteiger partial charge >= 0.3 is 11.9 Å². The summed E-state index contributed by atoms with van der Waals surface area (Å²) in [5, 5.41) is 0. The third kappa shape index (κ3) is 1.45. The van der Waals surface area contributed by atoms with Crippen LogP contribution in [-0.2, 0) is 23.8 Å². The van der Waals surface area contributed by atoms with Crippen LogP contribution in [0.4, 0.5) is 0 Å². The van der Waals surface area contributed by atoms with Gasteiger partial charge in [0.2, 0.25) is 0 Å². The molecule has 2 aliphatic heterocycles. The number of rotatable bonds is 0. The molecule has 5 nitrogen and oxygen atoms in total. The Balaban J connectivity index is 1.91. The van der Waals surface area contributed by atoms with Gasteiger partial charge in [0.25, 0.3) is 0 Å². The zero-order chi connectivity index (χ0) is 14.1. The maximum Gasteiger partial charge on any atom is 0.322 e. The first-order valence-electron chi connectivity index (χ1n) is 6.68. The molecule has 1 aliphatic carbocycles. The van der Waals surface area contributed by atoms with Gasteiger partial charge in [0.05, 0.1) is 5.92 Å². The van der Waals surface area contributed by atoms with Crippen molar-refractivity contribution in [1.29, 1.82) is 0 Å². The molecule has 0 unspecified atom stereocenters. The van der Waals surface area contributed by atoms with Crippen LogP contribution >= 0.6 is 0 Å². The first-order chi connectivity index (χ1) is 9.48. The van der Waals surface area contributed by atoms with Crippen molar-refractivity contribution < 1.29 is 23.8 Å². The molecular formula is C15H14O5. The zero-order valence-electron chi connectivity index (χ0n) is 11.2. The minimum atomic E-state index is -0.775. The number of hydrogen-bond acceptors (Lipinski definition) is 5. The molecule has 0 amide bonds. The second kappa shape index (κ2) is 3.68. The predicted molar refractivity (Wildman–Crippen MR) is 66.6 cm³/mol. The van der Waals surface area contributed by atoms with E-state index in [1.54, 1.807) is 0 Å². The lowest BCUT2D eigenvalue weighted by atomic mass is 9.73. The molecule has 2 fully saturated rings. The highest BCUT2D eigenvalue weighted by molar-refractivity contribution is 6.00. The monoisotopic (exact) mass is 274 g/mol. The Morgan fingerprint density at radius 3 is 2.45 bits per heavy atom. The maximum absolute atomic E-state index is 12.0. The predicted octanol–water partition coefficient (Wildman–Crippen LogP) is 1.68. The van der Waals surface area contributed by atoms with E-state index in [1.165, 1.54) is 0 Å². The fourth-order valence-electron chi connectivity index (χ4n) is 3.50. The number of hydrogen-bond donors (Lipinski definition) is 0. The van der Waals surface area contributed by atoms with Gasteiger partial charge in [-0.1, -0.05) is 24.3 Å². The number of fused-ring (bicyclic) bond motifs is 6. The Labute approximate surface area is 115 Å². The first-order valence-corrected chi connectivity index (χ1v) is 6.68. The van der Waals surface area contributed by atoms with E-state index in [0.717, 1.165) is 11.1 Å². The summed E-state index contributed by atoms with van der Waals surface area (Å²) in [5.41, 5.74) is 1.73. The highest BCUT2D eigenvalue weighted by Crippen LogP contribution is 2.53. The Morgan fingerprint density at radius 2 is 1.70 bits per heavy atom. The van der Waals surface area contributed by atoms with Crippen LogP contribution in [-0.4, -0.2) is 23.8 Å². The fourth-order valence-corrected chi connectivity index (χ4v) is 3.50. The molecule has 0 saturated carbocycles. The van der Waals surface area contributed by atoms with E-state index >= 15 is 0 Å². The minimum absolute atomic E-state index is 0.333. The van der Waals surface area contributed by atoms with Gasteiger partial charge in [0.1, 0.15) is 18.1 Å². The molecule has 0 radical (unpaired) electrons. The molecule has 0 aromatic heterocycles. The van der Waals surface area contributed by atoms with Gasteiger partial charge in [0.15, 0.2) is 5.79 Å². The summed E-state index contributed by atoms with van der Waals surface area (Å²) in [6, 6.07) is 7.53. The van der Waals surface area contributed by atoms with Gasteiger partial charge in [-0.2, -0.15) is 0 Å². The number of ether oxygens (including phenoxy) is 3. The molecule has 5 heteroatoms. The van der Waals surface area contributed by atoms with E-state index in [9.17, 15) is 9.59 Å². The summed E-state index contributed by atoms with van der Waals surface area (Å²) in [5.74, 6) is -2.95. The average molecular weight is 274 g/mol. The van der Waals surface area contributed by atoms with Crippen LogP contribution in [0.5, 0.6) is 0 Å². The van der Waals surface area contributed by atoms with Crippen LogP contribution in [0.3, 0.4) is 0 Å². The van der Waals surface area contributed by atoms with Crippen molar-refractivity contribution in [2.75, 3.05) is 0 Å². The second-order valence-electron chi connectivity index (χ2n) is 5.89. The van der Waals surface area contributed by atoms with Crippen molar-refractivity contribution in [3.63, 3.8) is 0 Å². The van der Waals surface area contributed by atoms with E-state index in [0.29, 0.717) is 0 Å². The first kappa shape index (κ1) is 12.1. The molecule has 2 saturated heterocycles. The number of cyclic esters (lactones) is 2. The normalized spacial score (nSPS) is 37.1. The van der Waals surface area contributed by atoms with Crippen LogP contribution < -0.4 is 0 Å². The van der Waals surface area contributed by atoms with Crippen LogP contribution in [0.25, 0.3) is 0 Å². The molecule has 20 heavy (non-hydrogen) atoms. The molecule has 0 bridgehead atoms. The Hall–Kier alpha value is -1.72. The summed E-state index contributed by atoms with van der Waals surface area (Å²) in [7, 11) is 0. The van der Waals surface area contributed by atoms with E-state index in [4.69, 9.17) is 14.2 Å². The lowest BCUT2D eigenvalue weighted by Crippen LogP contribution is -2.38. The van der Waals surface area contributed by atoms with E-state index in [1.807, 2.05) is 38.1 Å². The van der Waals surface area contributed by atoms with Gasteiger partial charge in [-0.15, -0.1) is 0 Å². The fraction of sp³-hybridized carbons (Fsp3) is 0.467. The smallest absolute Gasteiger partial charge is 0.322 e. The summed E-state index contributed by atoms with van der Waals surface area (Å²) in [6.07, 6.45) is -0.801. The number of benzene rings is 1. The Bertz CT molecular complexity index is 620. The summed E-state index contributed by atoms with van der Waals surface area (Å²) in [6.45, 7) is 3.62. The maximum atomic E-state index is 12.0. The standard InChI is InChI=1S/C15H14O5/c1-15(2)19-11-8-6-4-3-5-7(8)9-10(12(11)20-15)14(17)18-13(9)16/h3-6,9-12H,1-2H3/t9-,10-,11-,12+/m1/s1.